The van der Waals surface area contributed by atoms with E-state index in [4.69, 9.17) is 9.72 Å². The Morgan fingerprint density at radius 3 is 2.50 bits per heavy atom. The van der Waals surface area contributed by atoms with E-state index in [1.165, 1.54) is 10.9 Å². The molecule has 214 valence electrons. The van der Waals surface area contributed by atoms with Gasteiger partial charge in [-0.05, 0) is 62.6 Å². The first kappa shape index (κ1) is 27.8. The highest BCUT2D eigenvalue weighted by atomic mass is 19.4. The molecule has 1 aromatic carbocycles. The van der Waals surface area contributed by atoms with E-state index in [1.54, 1.807) is 24.7 Å². The number of pyridine rings is 1. The van der Waals surface area contributed by atoms with E-state index in [0.29, 0.717) is 36.7 Å². The number of hydrogen-bond donors (Lipinski definition) is 0. The summed E-state index contributed by atoms with van der Waals surface area (Å²) < 4.78 is 48.5. The van der Waals surface area contributed by atoms with Gasteiger partial charge in [-0.15, -0.1) is 5.10 Å². The van der Waals surface area contributed by atoms with Crippen LogP contribution >= 0.6 is 0 Å². The number of hydrogen-bond acceptors (Lipinski definition) is 8. The molecule has 1 atom stereocenters. The summed E-state index contributed by atoms with van der Waals surface area (Å²) in [5.41, 5.74) is 2.84. The van der Waals surface area contributed by atoms with Crippen molar-refractivity contribution in [2.45, 2.75) is 59.0 Å². The van der Waals surface area contributed by atoms with Crippen molar-refractivity contribution in [1.29, 1.82) is 0 Å². The summed E-state index contributed by atoms with van der Waals surface area (Å²) in [4.78, 5) is 10.4. The first-order valence-electron chi connectivity index (χ1n) is 13.4. The van der Waals surface area contributed by atoms with E-state index in [2.05, 4.69) is 38.4 Å². The summed E-state index contributed by atoms with van der Waals surface area (Å²) in [6.45, 7) is 8.28. The maximum absolute atomic E-state index is 13.6. The lowest BCUT2D eigenvalue weighted by atomic mass is 10.1. The number of tetrazole rings is 1. The van der Waals surface area contributed by atoms with E-state index in [0.717, 1.165) is 53.6 Å². The zero-order valence-electron chi connectivity index (χ0n) is 23.4. The van der Waals surface area contributed by atoms with Crippen LogP contribution in [0.1, 0.15) is 47.7 Å². The minimum atomic E-state index is -4.44. The Bertz CT molecular complexity index is 1490. The summed E-state index contributed by atoms with van der Waals surface area (Å²) in [5.74, 6) is 1.09. The summed E-state index contributed by atoms with van der Waals surface area (Å²) in [7, 11) is 3.52. The molecule has 1 aliphatic rings. The molecule has 0 saturated carbocycles. The molecule has 0 radical (unpaired) electrons. The van der Waals surface area contributed by atoms with Gasteiger partial charge < -0.3 is 14.5 Å². The molecule has 1 saturated heterocycles. The number of benzene rings is 1. The average molecular weight is 558 g/mol. The molecule has 5 rings (SSSR count). The van der Waals surface area contributed by atoms with Crippen molar-refractivity contribution in [1.82, 2.24) is 35.0 Å². The minimum Gasteiger partial charge on any atom is -0.376 e. The fourth-order valence-electron chi connectivity index (χ4n) is 5.31. The van der Waals surface area contributed by atoms with Crippen LogP contribution in [0.25, 0.3) is 11.0 Å². The lowest BCUT2D eigenvalue weighted by Crippen LogP contribution is -2.34. The van der Waals surface area contributed by atoms with Gasteiger partial charge in [0.25, 0.3) is 5.95 Å². The van der Waals surface area contributed by atoms with Crippen LogP contribution in [-0.4, -0.2) is 60.8 Å². The standard InChI is InChI=1S/C27H34F3N9O/c1-6-38(16-22-8-7-9-40-22)24-20(13-23-18(3)33-36(4)25(23)31-24)15-39(26-32-35-37(5)34-26)14-19-10-17(2)11-21(12-19)27(28,29)30/h10-13,22H,6-9,14-16H2,1-5H3/t22-/m1/s1. The molecule has 10 nitrogen and oxygen atoms in total. The summed E-state index contributed by atoms with van der Waals surface area (Å²) in [6.07, 6.45) is -2.31. The molecule has 3 aromatic heterocycles. The molecule has 0 bridgehead atoms. The highest BCUT2D eigenvalue weighted by molar-refractivity contribution is 5.81. The highest BCUT2D eigenvalue weighted by Gasteiger charge is 2.31. The predicted molar refractivity (Wildman–Crippen MR) is 145 cm³/mol. The Morgan fingerprint density at radius 2 is 1.85 bits per heavy atom. The average Bonchev–Trinajstić information content (AvgIpc) is 3.62. The molecule has 0 spiro atoms. The van der Waals surface area contributed by atoms with E-state index in [9.17, 15) is 13.2 Å². The molecule has 4 heterocycles. The second-order valence-corrected chi connectivity index (χ2v) is 10.4. The van der Waals surface area contributed by atoms with Crippen LogP contribution in [0.3, 0.4) is 0 Å². The topological polar surface area (TPSA) is 90.0 Å². The van der Waals surface area contributed by atoms with Crippen LogP contribution in [0.4, 0.5) is 24.9 Å². The quantitative estimate of drug-likeness (QED) is 0.300. The molecule has 1 fully saturated rings. The van der Waals surface area contributed by atoms with Gasteiger partial charge in [-0.1, -0.05) is 16.7 Å². The largest absolute Gasteiger partial charge is 0.416 e. The van der Waals surface area contributed by atoms with Crippen molar-refractivity contribution >= 4 is 22.8 Å². The van der Waals surface area contributed by atoms with Gasteiger partial charge in [-0.25, -0.2) is 4.98 Å². The first-order valence-corrected chi connectivity index (χ1v) is 13.4. The maximum Gasteiger partial charge on any atom is 0.416 e. The van der Waals surface area contributed by atoms with E-state index in [1.807, 2.05) is 18.9 Å². The van der Waals surface area contributed by atoms with Crippen molar-refractivity contribution in [3.05, 3.63) is 52.2 Å². The number of rotatable bonds is 9. The Labute approximate surface area is 230 Å². The van der Waals surface area contributed by atoms with Crippen molar-refractivity contribution in [3.63, 3.8) is 0 Å². The van der Waals surface area contributed by atoms with Gasteiger partial charge in [0.15, 0.2) is 5.65 Å². The molecule has 1 aliphatic heterocycles. The zero-order valence-corrected chi connectivity index (χ0v) is 23.4. The van der Waals surface area contributed by atoms with Crippen LogP contribution in [0.5, 0.6) is 0 Å². The third-order valence-corrected chi connectivity index (χ3v) is 7.16. The van der Waals surface area contributed by atoms with Crippen LogP contribution in [0.15, 0.2) is 24.3 Å². The second-order valence-electron chi connectivity index (χ2n) is 10.4. The van der Waals surface area contributed by atoms with Gasteiger partial charge in [0, 0.05) is 50.8 Å². The molecular formula is C27H34F3N9O. The highest BCUT2D eigenvalue weighted by Crippen LogP contribution is 2.32. The Morgan fingerprint density at radius 1 is 1.05 bits per heavy atom. The number of ether oxygens (including phenoxy) is 1. The smallest absolute Gasteiger partial charge is 0.376 e. The van der Waals surface area contributed by atoms with Crippen molar-refractivity contribution in [2.24, 2.45) is 14.1 Å². The van der Waals surface area contributed by atoms with Gasteiger partial charge in [-0.2, -0.15) is 23.1 Å². The Kier molecular flexibility index (Phi) is 7.67. The third-order valence-electron chi connectivity index (χ3n) is 7.16. The van der Waals surface area contributed by atoms with Crippen molar-refractivity contribution < 1.29 is 17.9 Å². The molecule has 4 aromatic rings. The number of alkyl halides is 3. The second kappa shape index (κ2) is 11.0. The molecule has 13 heteroatoms. The number of fused-ring (bicyclic) bond motifs is 1. The third kappa shape index (κ3) is 5.88. The summed E-state index contributed by atoms with van der Waals surface area (Å²) >= 11 is 0. The SMILES string of the molecule is CCN(C[C@H]1CCCO1)c1nc2c(cc1CN(Cc1cc(C)cc(C(F)(F)F)c1)c1nnn(C)n1)c(C)nn2C. The lowest BCUT2D eigenvalue weighted by Gasteiger charge is -2.29. The maximum atomic E-state index is 13.6. The lowest BCUT2D eigenvalue weighted by molar-refractivity contribution is -0.137. The first-order chi connectivity index (χ1) is 19.0. The summed E-state index contributed by atoms with van der Waals surface area (Å²) in [5, 5.41) is 18.0. The number of nitrogens with zero attached hydrogens (tertiary/aromatic N) is 9. The number of anilines is 2. The Hall–Kier alpha value is -3.74. The summed E-state index contributed by atoms with van der Waals surface area (Å²) in [6, 6.07) is 6.15. The predicted octanol–water partition coefficient (Wildman–Crippen LogP) is 4.34. The number of likely N-dealkylation sites (N-methyl/N-ethyl adjacent to an activating group) is 1. The number of aryl methyl sites for hydroxylation is 4. The molecule has 0 unspecified atom stereocenters. The van der Waals surface area contributed by atoms with Gasteiger partial charge in [0.1, 0.15) is 5.82 Å². The van der Waals surface area contributed by atoms with E-state index in [-0.39, 0.29) is 12.6 Å². The van der Waals surface area contributed by atoms with Crippen molar-refractivity contribution in [3.8, 4) is 0 Å². The van der Waals surface area contributed by atoms with Crippen LogP contribution in [-0.2, 0) is 38.1 Å². The minimum absolute atomic E-state index is 0.115. The number of halogens is 3. The zero-order chi connectivity index (χ0) is 28.6. The van der Waals surface area contributed by atoms with Gasteiger partial charge >= 0.3 is 6.18 Å². The van der Waals surface area contributed by atoms with Crippen molar-refractivity contribution in [2.75, 3.05) is 29.5 Å². The number of aromatic nitrogens is 7. The van der Waals surface area contributed by atoms with Gasteiger partial charge in [0.05, 0.1) is 24.4 Å². The Balaban J connectivity index is 1.57. The van der Waals surface area contributed by atoms with Gasteiger partial charge in [0.2, 0.25) is 0 Å². The molecule has 0 aliphatic carbocycles. The molecular weight excluding hydrogens is 523 g/mol. The van der Waals surface area contributed by atoms with E-state index >= 15 is 0 Å². The fraction of sp³-hybridized carbons (Fsp3) is 0.519. The molecule has 0 N–H and O–H groups in total. The van der Waals surface area contributed by atoms with E-state index < -0.39 is 11.7 Å². The van der Waals surface area contributed by atoms with Crippen LogP contribution in [0, 0.1) is 13.8 Å². The van der Waals surface area contributed by atoms with Crippen LogP contribution < -0.4 is 9.80 Å². The fourth-order valence-corrected chi connectivity index (χ4v) is 5.31. The molecule has 40 heavy (non-hydrogen) atoms. The molecule has 0 amide bonds. The monoisotopic (exact) mass is 557 g/mol. The van der Waals surface area contributed by atoms with Crippen LogP contribution in [0.2, 0.25) is 0 Å². The van der Waals surface area contributed by atoms with Gasteiger partial charge in [-0.3, -0.25) is 4.68 Å². The normalized spacial score (nSPS) is 15.8.